The number of carbonyl (C=O) groups excluding carboxylic acids is 1. The third-order valence-corrected chi connectivity index (χ3v) is 4.61. The lowest BCUT2D eigenvalue weighted by atomic mass is 9.88. The number of methoxy groups -OCH3 is 1. The minimum atomic E-state index is -1.07. The molecule has 0 fully saturated rings. The summed E-state index contributed by atoms with van der Waals surface area (Å²) < 4.78 is 16.1. The summed E-state index contributed by atoms with van der Waals surface area (Å²) in [5.74, 6) is -2.19. The van der Waals surface area contributed by atoms with E-state index >= 15 is 0 Å². The Bertz CT molecular complexity index is 1110. The second kappa shape index (κ2) is 6.28. The number of aromatic carboxylic acids is 1. The van der Waals surface area contributed by atoms with Crippen molar-refractivity contribution >= 4 is 22.9 Å². The van der Waals surface area contributed by atoms with Gasteiger partial charge in [-0.05, 0) is 29.8 Å². The molecule has 0 aliphatic carbocycles. The van der Waals surface area contributed by atoms with Gasteiger partial charge in [-0.1, -0.05) is 24.3 Å². The summed E-state index contributed by atoms with van der Waals surface area (Å²) >= 11 is 0. The van der Waals surface area contributed by atoms with Gasteiger partial charge in [-0.15, -0.1) is 0 Å². The molecule has 0 saturated heterocycles. The highest BCUT2D eigenvalue weighted by Crippen LogP contribution is 2.44. The number of hydrogen-bond donors (Lipinski definition) is 1. The zero-order chi connectivity index (χ0) is 19.1. The summed E-state index contributed by atoms with van der Waals surface area (Å²) in [4.78, 5) is 36.0. The van der Waals surface area contributed by atoms with E-state index < -0.39 is 29.6 Å². The van der Waals surface area contributed by atoms with Crippen LogP contribution in [0.2, 0.25) is 0 Å². The number of fused-ring (bicyclic) bond motifs is 3. The van der Waals surface area contributed by atoms with E-state index in [1.54, 1.807) is 36.4 Å². The number of benzene rings is 2. The summed E-state index contributed by atoms with van der Waals surface area (Å²) in [6.07, 6.45) is -1.07. The van der Waals surface area contributed by atoms with Gasteiger partial charge in [0.1, 0.15) is 11.3 Å². The molecule has 2 aromatic carbocycles. The van der Waals surface area contributed by atoms with Crippen LogP contribution in [-0.4, -0.2) is 30.3 Å². The van der Waals surface area contributed by atoms with Gasteiger partial charge in [-0.2, -0.15) is 0 Å². The van der Waals surface area contributed by atoms with Crippen molar-refractivity contribution in [3.8, 4) is 5.75 Å². The Morgan fingerprint density at radius 2 is 1.78 bits per heavy atom. The van der Waals surface area contributed by atoms with E-state index in [2.05, 4.69) is 0 Å². The predicted octanol–water partition coefficient (Wildman–Crippen LogP) is 2.56. The fraction of sp³-hybridized carbons (Fsp3) is 0.150. The maximum absolute atomic E-state index is 12.6. The summed E-state index contributed by atoms with van der Waals surface area (Å²) in [5.41, 5.74) is 0.608. The van der Waals surface area contributed by atoms with Crippen molar-refractivity contribution in [1.82, 2.24) is 0 Å². The summed E-state index contributed by atoms with van der Waals surface area (Å²) in [5, 5.41) is 9.65. The lowest BCUT2D eigenvalue weighted by molar-refractivity contribution is -0.148. The lowest BCUT2D eigenvalue weighted by Crippen LogP contribution is -2.31. The van der Waals surface area contributed by atoms with E-state index in [1.807, 2.05) is 0 Å². The van der Waals surface area contributed by atoms with Gasteiger partial charge >= 0.3 is 17.6 Å². The first-order valence-electron chi connectivity index (χ1n) is 8.14. The van der Waals surface area contributed by atoms with Gasteiger partial charge in [-0.3, -0.25) is 0 Å². The van der Waals surface area contributed by atoms with Crippen molar-refractivity contribution in [2.45, 2.75) is 12.0 Å². The molecule has 1 aromatic heterocycles. The van der Waals surface area contributed by atoms with Crippen LogP contribution in [0.25, 0.3) is 11.0 Å². The summed E-state index contributed by atoms with van der Waals surface area (Å²) in [6.45, 7) is 0. The molecule has 0 amide bonds. The van der Waals surface area contributed by atoms with Crippen molar-refractivity contribution in [3.63, 3.8) is 0 Å². The number of ether oxygens (including phenoxy) is 2. The zero-order valence-electron chi connectivity index (χ0n) is 14.2. The van der Waals surface area contributed by atoms with Crippen molar-refractivity contribution in [2.24, 2.45) is 0 Å². The SMILES string of the molecule is COC(=O)[C@H]1Oc2c(c(=O)oc3ccccc23)[C@H]1c1ccc(C(=O)O)cc1. The largest absolute Gasteiger partial charge is 0.478 e. The van der Waals surface area contributed by atoms with Gasteiger partial charge in [0.05, 0.1) is 29.5 Å². The molecule has 27 heavy (non-hydrogen) atoms. The topological polar surface area (TPSA) is 103 Å². The highest BCUT2D eigenvalue weighted by molar-refractivity contribution is 5.89. The maximum Gasteiger partial charge on any atom is 0.348 e. The Morgan fingerprint density at radius 1 is 1.07 bits per heavy atom. The Morgan fingerprint density at radius 3 is 2.44 bits per heavy atom. The standard InChI is InChI=1S/C20H14O7/c1-25-20(24)17-14(10-6-8-11(9-7-10)18(21)22)15-16(27-17)12-4-2-3-5-13(12)26-19(15)23/h2-9,14,17H,1H3,(H,21,22)/t14-,17+/m1/s1. The van der Waals surface area contributed by atoms with Crippen LogP contribution in [0.5, 0.6) is 5.75 Å². The number of para-hydroxylation sites is 1. The number of rotatable bonds is 3. The monoisotopic (exact) mass is 366 g/mol. The van der Waals surface area contributed by atoms with Gasteiger partial charge < -0.3 is 19.0 Å². The Kier molecular flexibility index (Phi) is 3.92. The molecule has 7 heteroatoms. The van der Waals surface area contributed by atoms with Crippen molar-refractivity contribution in [2.75, 3.05) is 7.11 Å². The molecule has 2 atom stereocenters. The molecule has 1 N–H and O–H groups in total. The molecule has 3 aromatic rings. The second-order valence-electron chi connectivity index (χ2n) is 6.09. The smallest absolute Gasteiger partial charge is 0.348 e. The quantitative estimate of drug-likeness (QED) is 0.561. The van der Waals surface area contributed by atoms with Crippen LogP contribution in [0.3, 0.4) is 0 Å². The number of carboxylic acids is 1. The highest BCUT2D eigenvalue weighted by Gasteiger charge is 2.44. The fourth-order valence-corrected chi connectivity index (χ4v) is 3.35. The first-order valence-corrected chi connectivity index (χ1v) is 8.14. The van der Waals surface area contributed by atoms with Crippen molar-refractivity contribution in [3.05, 3.63) is 75.6 Å². The molecule has 0 spiro atoms. The third-order valence-electron chi connectivity index (χ3n) is 4.61. The zero-order valence-corrected chi connectivity index (χ0v) is 14.2. The molecule has 2 heterocycles. The molecule has 1 aliphatic heterocycles. The first-order chi connectivity index (χ1) is 13.0. The average molecular weight is 366 g/mol. The molecular weight excluding hydrogens is 352 g/mol. The summed E-state index contributed by atoms with van der Waals surface area (Å²) in [6, 6.07) is 12.8. The normalized spacial score (nSPS) is 18.0. The van der Waals surface area contributed by atoms with E-state index in [1.165, 1.54) is 19.2 Å². The molecule has 4 rings (SSSR count). The number of carboxylic acid groups (broad SMARTS) is 1. The molecule has 7 nitrogen and oxygen atoms in total. The van der Waals surface area contributed by atoms with E-state index in [0.29, 0.717) is 16.5 Å². The van der Waals surface area contributed by atoms with Crippen LogP contribution >= 0.6 is 0 Å². The van der Waals surface area contributed by atoms with Gasteiger partial charge in [0.2, 0.25) is 6.10 Å². The predicted molar refractivity (Wildman–Crippen MR) is 94.2 cm³/mol. The van der Waals surface area contributed by atoms with Crippen LogP contribution in [0.4, 0.5) is 0 Å². The van der Waals surface area contributed by atoms with Crippen molar-refractivity contribution < 1.29 is 28.6 Å². The molecule has 0 bridgehead atoms. The maximum atomic E-state index is 12.6. The fourth-order valence-electron chi connectivity index (χ4n) is 3.35. The Balaban J connectivity index is 1.93. The second-order valence-corrected chi connectivity index (χ2v) is 6.09. The average Bonchev–Trinajstić information content (AvgIpc) is 3.09. The first kappa shape index (κ1) is 16.8. The molecular formula is C20H14O7. The van der Waals surface area contributed by atoms with E-state index in [9.17, 15) is 14.4 Å². The van der Waals surface area contributed by atoms with E-state index in [4.69, 9.17) is 19.0 Å². The van der Waals surface area contributed by atoms with Crippen LogP contribution in [0.1, 0.15) is 27.4 Å². The van der Waals surface area contributed by atoms with Crippen molar-refractivity contribution in [1.29, 1.82) is 0 Å². The van der Waals surface area contributed by atoms with Crippen LogP contribution in [0.15, 0.2) is 57.7 Å². The van der Waals surface area contributed by atoms with Crippen LogP contribution in [0, 0.1) is 0 Å². The minimum Gasteiger partial charge on any atom is -0.478 e. The minimum absolute atomic E-state index is 0.0954. The van der Waals surface area contributed by atoms with E-state index in [-0.39, 0.29) is 16.9 Å². The molecule has 0 radical (unpaired) electrons. The molecule has 0 saturated carbocycles. The molecule has 1 aliphatic rings. The van der Waals surface area contributed by atoms with Crippen LogP contribution in [-0.2, 0) is 9.53 Å². The van der Waals surface area contributed by atoms with Gasteiger partial charge in [0.25, 0.3) is 0 Å². The van der Waals surface area contributed by atoms with Gasteiger partial charge in [0.15, 0.2) is 0 Å². The lowest BCUT2D eigenvalue weighted by Gasteiger charge is -2.16. The third kappa shape index (κ3) is 2.64. The molecule has 136 valence electrons. The Labute approximate surface area is 152 Å². The number of hydrogen-bond acceptors (Lipinski definition) is 6. The Hall–Kier alpha value is -3.61. The van der Waals surface area contributed by atoms with Gasteiger partial charge in [-0.25, -0.2) is 14.4 Å². The summed E-state index contributed by atoms with van der Waals surface area (Å²) in [7, 11) is 1.24. The number of carbonyl (C=O) groups is 2. The molecule has 0 unspecified atom stereocenters. The van der Waals surface area contributed by atoms with Crippen LogP contribution < -0.4 is 10.4 Å². The highest BCUT2D eigenvalue weighted by atomic mass is 16.6. The van der Waals surface area contributed by atoms with E-state index in [0.717, 1.165) is 0 Å². The van der Waals surface area contributed by atoms with Gasteiger partial charge in [0, 0.05) is 0 Å². The number of esters is 1.